The minimum atomic E-state index is -0.433. The molecule has 34 heavy (non-hydrogen) atoms. The molecule has 1 aliphatic heterocycles. The first-order valence-corrected chi connectivity index (χ1v) is 12.7. The first-order chi connectivity index (χ1) is 16.6. The number of hydrogen-bond acceptors (Lipinski definition) is 9. The largest absolute Gasteiger partial charge is 0.497 e. The van der Waals surface area contributed by atoms with E-state index in [-0.39, 0.29) is 6.61 Å². The molecule has 0 bridgehead atoms. The van der Waals surface area contributed by atoms with Crippen LogP contribution < -0.4 is 9.47 Å². The summed E-state index contributed by atoms with van der Waals surface area (Å²) in [6.07, 6.45) is 3.77. The summed E-state index contributed by atoms with van der Waals surface area (Å²) in [5.41, 5.74) is 2.62. The molecular weight excluding hydrogens is 472 g/mol. The Labute approximate surface area is 206 Å². The Bertz CT molecular complexity index is 1250. The molecule has 0 fully saturated rings. The summed E-state index contributed by atoms with van der Waals surface area (Å²) >= 11 is 3.06. The van der Waals surface area contributed by atoms with Crippen molar-refractivity contribution in [3.05, 3.63) is 53.6 Å². The van der Waals surface area contributed by atoms with Crippen LogP contribution in [0.15, 0.2) is 63.2 Å². The molecule has 0 amide bonds. The maximum atomic E-state index is 12.9. The van der Waals surface area contributed by atoms with Gasteiger partial charge in [0, 0.05) is 16.2 Å². The maximum absolute atomic E-state index is 12.9. The molecule has 10 heteroatoms. The summed E-state index contributed by atoms with van der Waals surface area (Å²) in [7, 11) is 3.25. The van der Waals surface area contributed by atoms with Gasteiger partial charge in [-0.25, -0.2) is 4.79 Å². The predicted octanol–water partition coefficient (Wildman–Crippen LogP) is 4.64. The fraction of sp³-hybridized carbons (Fsp3) is 0.250. The summed E-state index contributed by atoms with van der Waals surface area (Å²) in [4.78, 5) is 13.9. The van der Waals surface area contributed by atoms with E-state index < -0.39 is 5.97 Å². The number of carbonyl (C=O) groups is 1. The van der Waals surface area contributed by atoms with Crippen molar-refractivity contribution in [1.29, 1.82) is 0 Å². The third-order valence-corrected chi connectivity index (χ3v) is 6.75. The molecule has 0 saturated heterocycles. The lowest BCUT2D eigenvalue weighted by molar-refractivity contribution is -0.137. The van der Waals surface area contributed by atoms with Crippen molar-refractivity contribution in [2.75, 3.05) is 32.8 Å². The molecule has 2 heterocycles. The van der Waals surface area contributed by atoms with Crippen LogP contribution in [0.2, 0.25) is 0 Å². The van der Waals surface area contributed by atoms with Gasteiger partial charge in [-0.15, -0.1) is 22.0 Å². The van der Waals surface area contributed by atoms with Crippen LogP contribution in [-0.2, 0) is 9.53 Å². The molecule has 0 radical (unpaired) electrons. The van der Waals surface area contributed by atoms with E-state index in [0.717, 1.165) is 27.5 Å². The molecule has 0 atom stereocenters. The van der Waals surface area contributed by atoms with Crippen molar-refractivity contribution < 1.29 is 19.0 Å². The van der Waals surface area contributed by atoms with Gasteiger partial charge < -0.3 is 14.2 Å². The van der Waals surface area contributed by atoms with Crippen LogP contribution in [0.25, 0.3) is 17.5 Å². The Morgan fingerprint density at radius 2 is 1.94 bits per heavy atom. The van der Waals surface area contributed by atoms with Crippen molar-refractivity contribution >= 4 is 41.3 Å². The van der Waals surface area contributed by atoms with Gasteiger partial charge >= 0.3 is 5.97 Å². The number of rotatable bonds is 8. The zero-order chi connectivity index (χ0) is 24.1. The summed E-state index contributed by atoms with van der Waals surface area (Å²) in [6.45, 7) is 2.04. The molecule has 1 aromatic heterocycles. The van der Waals surface area contributed by atoms with Gasteiger partial charge in [0.15, 0.2) is 5.82 Å². The fourth-order valence-corrected chi connectivity index (χ4v) is 4.73. The quantitative estimate of drug-likeness (QED) is 0.253. The van der Waals surface area contributed by atoms with E-state index in [9.17, 15) is 4.79 Å². The van der Waals surface area contributed by atoms with E-state index in [1.165, 1.54) is 11.8 Å². The van der Waals surface area contributed by atoms with Crippen molar-refractivity contribution in [3.63, 3.8) is 0 Å². The zero-order valence-corrected chi connectivity index (χ0v) is 20.9. The van der Waals surface area contributed by atoms with E-state index in [2.05, 4.69) is 10.2 Å². The van der Waals surface area contributed by atoms with E-state index in [0.29, 0.717) is 28.0 Å². The fourth-order valence-electron chi connectivity index (χ4n) is 3.36. The minimum Gasteiger partial charge on any atom is -0.497 e. The number of carbonyl (C=O) groups excluding carboxylic acids is 1. The molecule has 0 N–H and O–H groups in total. The zero-order valence-electron chi connectivity index (χ0n) is 19.3. The molecule has 176 valence electrons. The first-order valence-electron chi connectivity index (χ1n) is 10.5. The van der Waals surface area contributed by atoms with Crippen molar-refractivity contribution in [2.45, 2.75) is 17.0 Å². The second kappa shape index (κ2) is 10.8. The monoisotopic (exact) mass is 496 g/mol. The second-order valence-electron chi connectivity index (χ2n) is 7.07. The third-order valence-electron chi connectivity index (χ3n) is 5.04. The number of nitrogens with zero attached hydrogens (tertiary/aromatic N) is 4. The van der Waals surface area contributed by atoms with Gasteiger partial charge in [-0.1, -0.05) is 17.8 Å². The molecular formula is C24H24N4O4S2. The molecule has 0 saturated carbocycles. The number of fused-ring (bicyclic) bond motifs is 1. The maximum Gasteiger partial charge on any atom is 0.340 e. The van der Waals surface area contributed by atoms with Crippen LogP contribution in [0.3, 0.4) is 0 Å². The van der Waals surface area contributed by atoms with Gasteiger partial charge in [0.05, 0.1) is 32.1 Å². The van der Waals surface area contributed by atoms with Crippen LogP contribution in [0.4, 0.5) is 0 Å². The average Bonchev–Trinajstić information content (AvgIpc) is 3.30. The molecule has 0 spiro atoms. The smallest absolute Gasteiger partial charge is 0.340 e. The Kier molecular flexibility index (Phi) is 7.59. The topological polar surface area (TPSA) is 87.8 Å². The highest BCUT2D eigenvalue weighted by Gasteiger charge is 2.25. The number of methoxy groups -OCH3 is 2. The number of benzene rings is 2. The number of aromatic nitrogens is 3. The Morgan fingerprint density at radius 1 is 1.15 bits per heavy atom. The van der Waals surface area contributed by atoms with Crippen LogP contribution >= 0.6 is 23.5 Å². The molecule has 0 unspecified atom stereocenters. The minimum absolute atomic E-state index is 0.264. The number of ether oxygens (including phenoxy) is 3. The van der Waals surface area contributed by atoms with Gasteiger partial charge in [0.1, 0.15) is 11.5 Å². The van der Waals surface area contributed by atoms with Gasteiger partial charge in [0.2, 0.25) is 5.16 Å². The summed E-state index contributed by atoms with van der Waals surface area (Å²) in [6, 6.07) is 13.3. The number of thioether (sulfide) groups is 2. The van der Waals surface area contributed by atoms with Crippen LogP contribution in [0.5, 0.6) is 11.5 Å². The summed E-state index contributed by atoms with van der Waals surface area (Å²) < 4.78 is 17.8. The van der Waals surface area contributed by atoms with Gasteiger partial charge in [-0.3, -0.25) is 0 Å². The van der Waals surface area contributed by atoms with Crippen LogP contribution in [0, 0.1) is 0 Å². The van der Waals surface area contributed by atoms with Gasteiger partial charge in [-0.05, 0) is 61.2 Å². The molecule has 2 aromatic carbocycles. The van der Waals surface area contributed by atoms with Crippen LogP contribution in [-0.4, -0.2) is 59.4 Å². The average molecular weight is 497 g/mol. The molecule has 1 aliphatic rings. The van der Waals surface area contributed by atoms with E-state index in [4.69, 9.17) is 19.3 Å². The number of esters is 1. The molecule has 8 nitrogen and oxygen atoms in total. The van der Waals surface area contributed by atoms with E-state index in [1.807, 2.05) is 48.7 Å². The Balaban J connectivity index is 1.76. The lowest BCUT2D eigenvalue weighted by atomic mass is 10.1. The lowest BCUT2D eigenvalue weighted by Crippen LogP contribution is -2.21. The first kappa shape index (κ1) is 23.9. The normalized spacial score (nSPS) is 13.2. The third kappa shape index (κ3) is 4.97. The summed E-state index contributed by atoms with van der Waals surface area (Å²) in [5, 5.41) is 14.0. The second-order valence-corrected chi connectivity index (χ2v) is 8.87. The predicted molar refractivity (Wildman–Crippen MR) is 135 cm³/mol. The highest BCUT2D eigenvalue weighted by Crippen LogP contribution is 2.32. The Hall–Kier alpha value is -3.24. The van der Waals surface area contributed by atoms with Gasteiger partial charge in [-0.2, -0.15) is 9.78 Å². The molecule has 0 aliphatic carbocycles. The Morgan fingerprint density at radius 3 is 2.62 bits per heavy atom. The molecule has 4 rings (SSSR count). The highest BCUT2D eigenvalue weighted by molar-refractivity contribution is 8.00. The lowest BCUT2D eigenvalue weighted by Gasteiger charge is -2.16. The molecule has 3 aromatic rings. The van der Waals surface area contributed by atoms with E-state index in [1.54, 1.807) is 43.7 Å². The van der Waals surface area contributed by atoms with Crippen molar-refractivity contribution in [3.8, 4) is 22.9 Å². The van der Waals surface area contributed by atoms with Crippen molar-refractivity contribution in [1.82, 2.24) is 14.9 Å². The highest BCUT2D eigenvalue weighted by atomic mass is 32.2. The number of hydrogen-bond donors (Lipinski definition) is 0. The standard InChI is InChI=1S/C24H24N4O4S2/c1-5-32-23(29)18(12-15-6-11-21(33-4)20(13-15)31-3)19-14-34-24-26-25-22(28(24)27-19)16-7-9-17(30-2)10-8-16/h6-13H,5,14H2,1-4H3/b18-12+. The SMILES string of the molecule is CCOC(=O)/C(=C/c1ccc(SC)c(OC)c1)C1=Nn2c(nnc2-c2ccc(OC)cc2)SC1. The summed E-state index contributed by atoms with van der Waals surface area (Å²) in [5.74, 6) is 2.10. The van der Waals surface area contributed by atoms with Crippen molar-refractivity contribution in [2.24, 2.45) is 5.10 Å². The van der Waals surface area contributed by atoms with Crippen LogP contribution in [0.1, 0.15) is 12.5 Å². The van der Waals surface area contributed by atoms with Gasteiger partial charge in [0.25, 0.3) is 0 Å². The van der Waals surface area contributed by atoms with E-state index >= 15 is 0 Å².